The Balaban J connectivity index is 3.53. The van der Waals surface area contributed by atoms with Gasteiger partial charge in [0.2, 0.25) is 5.91 Å². The van der Waals surface area contributed by atoms with Gasteiger partial charge < -0.3 is 22.5 Å². The molecule has 118 valence electrons. The summed E-state index contributed by atoms with van der Waals surface area (Å²) in [5.41, 5.74) is 16.0. The molecule has 0 saturated carbocycles. The minimum absolute atomic E-state index is 0.0227. The molecule has 0 bridgehead atoms. The number of rotatable bonds is 11. The van der Waals surface area contributed by atoms with E-state index < -0.39 is 6.04 Å². The summed E-state index contributed by atoms with van der Waals surface area (Å²) in [4.78, 5) is 19.7. The van der Waals surface area contributed by atoms with E-state index in [1.165, 1.54) is 0 Å². The van der Waals surface area contributed by atoms with E-state index in [0.717, 1.165) is 0 Å². The molecule has 0 aromatic rings. The molecule has 1 unspecified atom stereocenters. The van der Waals surface area contributed by atoms with Crippen LogP contribution in [0.25, 0.3) is 0 Å². The van der Waals surface area contributed by atoms with Crippen LogP contribution in [0.2, 0.25) is 0 Å². The molecule has 0 aliphatic carbocycles. The van der Waals surface area contributed by atoms with Gasteiger partial charge in [0, 0.05) is 13.1 Å². The summed E-state index contributed by atoms with van der Waals surface area (Å²) in [7, 11) is 0. The van der Waals surface area contributed by atoms with E-state index in [-0.39, 0.29) is 23.9 Å². The Bertz CT molecular complexity index is 295. The monoisotopic (exact) mass is 292 g/mol. The molecule has 10 nitrogen and oxygen atoms in total. The Labute approximate surface area is 117 Å². The van der Waals surface area contributed by atoms with Gasteiger partial charge >= 0.3 is 0 Å². The molecule has 9 N–H and O–H groups in total. The molecule has 0 saturated heterocycles. The first-order valence-corrected chi connectivity index (χ1v) is 6.33. The zero-order chi connectivity index (χ0) is 15.4. The summed E-state index contributed by atoms with van der Waals surface area (Å²) >= 11 is 0. The Kier molecular flexibility index (Phi) is 10.5. The van der Waals surface area contributed by atoms with Crippen molar-refractivity contribution in [2.24, 2.45) is 22.2 Å². The van der Waals surface area contributed by atoms with Crippen molar-refractivity contribution in [3.05, 3.63) is 0 Å². The van der Waals surface area contributed by atoms with E-state index in [2.05, 4.69) is 15.1 Å². The Morgan fingerprint density at radius 2 is 2.00 bits per heavy atom. The highest BCUT2D eigenvalue weighted by molar-refractivity contribution is 5.81. The average molecular weight is 292 g/mol. The third kappa shape index (κ3) is 11.6. The molecular weight excluding hydrogens is 268 g/mol. The summed E-state index contributed by atoms with van der Waals surface area (Å²) < 4.78 is 0. The van der Waals surface area contributed by atoms with Crippen LogP contribution in [0.3, 0.4) is 0 Å². The van der Waals surface area contributed by atoms with Gasteiger partial charge in [-0.15, -0.1) is 0 Å². The van der Waals surface area contributed by atoms with Crippen LogP contribution in [0, 0.1) is 0 Å². The van der Waals surface area contributed by atoms with Crippen molar-refractivity contribution in [2.45, 2.75) is 31.7 Å². The lowest BCUT2D eigenvalue weighted by Crippen LogP contribution is -2.41. The fourth-order valence-electron chi connectivity index (χ4n) is 1.37. The van der Waals surface area contributed by atoms with Crippen molar-refractivity contribution < 1.29 is 20.0 Å². The maximum absolute atomic E-state index is 11.6. The molecule has 0 aromatic carbocycles. The number of nitrogens with two attached hydrogens (primary N) is 3. The van der Waals surface area contributed by atoms with Crippen molar-refractivity contribution in [1.82, 2.24) is 10.7 Å². The van der Waals surface area contributed by atoms with Gasteiger partial charge in [-0.2, -0.15) is 0 Å². The predicted octanol–water partition coefficient (Wildman–Crippen LogP) is -1.72. The number of guanidine groups is 1. The van der Waals surface area contributed by atoms with E-state index in [1.54, 1.807) is 0 Å². The molecule has 0 aliphatic heterocycles. The van der Waals surface area contributed by atoms with Crippen molar-refractivity contribution >= 4 is 11.9 Å². The first-order valence-electron chi connectivity index (χ1n) is 6.33. The molecular formula is C10H24N6O4. The standard InChI is InChI=1S/C10H24N6O4/c11-8(4-3-6-15-10(12)13)9(17)14-5-1-2-7-20-16(18)19/h8,18-19H,1-7,11H2,(H,14,17)(H4,12,13,15). The molecule has 0 fully saturated rings. The van der Waals surface area contributed by atoms with Gasteiger partial charge in [0.05, 0.1) is 18.0 Å². The minimum Gasteiger partial charge on any atom is -0.370 e. The number of hydrogen-bond donors (Lipinski definition) is 6. The van der Waals surface area contributed by atoms with Crippen molar-refractivity contribution in [2.75, 3.05) is 19.7 Å². The third-order valence-corrected chi connectivity index (χ3v) is 2.38. The van der Waals surface area contributed by atoms with Gasteiger partial charge in [-0.1, -0.05) is 0 Å². The van der Waals surface area contributed by atoms with Gasteiger partial charge in [-0.3, -0.25) is 25.0 Å². The lowest BCUT2D eigenvalue weighted by Gasteiger charge is -2.11. The second kappa shape index (κ2) is 11.4. The summed E-state index contributed by atoms with van der Waals surface area (Å²) in [6.45, 7) is 1.04. The number of unbranched alkanes of at least 4 members (excludes halogenated alkanes) is 1. The average Bonchev–Trinajstić information content (AvgIpc) is 2.37. The quantitative estimate of drug-likeness (QED) is 0.113. The van der Waals surface area contributed by atoms with E-state index >= 15 is 0 Å². The van der Waals surface area contributed by atoms with Crippen LogP contribution in [0.1, 0.15) is 25.7 Å². The summed E-state index contributed by atoms with van der Waals surface area (Å²) in [6.07, 6.45) is 2.33. The molecule has 1 amide bonds. The summed E-state index contributed by atoms with van der Waals surface area (Å²) in [5, 5.41) is 18.9. The number of hydrogen-bond acceptors (Lipinski definition) is 7. The lowest BCUT2D eigenvalue weighted by atomic mass is 10.1. The summed E-state index contributed by atoms with van der Waals surface area (Å²) in [5.74, 6) is -0.212. The largest absolute Gasteiger partial charge is 0.370 e. The molecule has 0 rings (SSSR count). The van der Waals surface area contributed by atoms with Gasteiger partial charge in [0.15, 0.2) is 5.96 Å². The molecule has 10 heteroatoms. The van der Waals surface area contributed by atoms with Crippen molar-refractivity contribution in [3.63, 3.8) is 0 Å². The van der Waals surface area contributed by atoms with Crippen molar-refractivity contribution in [3.8, 4) is 0 Å². The van der Waals surface area contributed by atoms with Crippen LogP contribution in [0.4, 0.5) is 0 Å². The highest BCUT2D eigenvalue weighted by Gasteiger charge is 2.11. The molecule has 0 aromatic heterocycles. The fourth-order valence-corrected chi connectivity index (χ4v) is 1.37. The van der Waals surface area contributed by atoms with Crippen LogP contribution in [0.5, 0.6) is 0 Å². The van der Waals surface area contributed by atoms with E-state index in [1.807, 2.05) is 0 Å². The first-order chi connectivity index (χ1) is 9.43. The highest BCUT2D eigenvalue weighted by atomic mass is 17.1. The van der Waals surface area contributed by atoms with E-state index in [9.17, 15) is 4.79 Å². The SMILES string of the molecule is NC(N)=NCCCC(N)C(=O)NCCCCON(O)O. The van der Waals surface area contributed by atoms with E-state index in [0.29, 0.717) is 38.8 Å². The Morgan fingerprint density at radius 1 is 1.30 bits per heavy atom. The maximum Gasteiger partial charge on any atom is 0.236 e. The van der Waals surface area contributed by atoms with Gasteiger partial charge in [0.1, 0.15) is 0 Å². The zero-order valence-corrected chi connectivity index (χ0v) is 11.4. The second-order valence-electron chi connectivity index (χ2n) is 4.14. The number of nitrogens with one attached hydrogen (secondary N) is 1. The molecule has 0 aliphatic rings. The molecule has 0 spiro atoms. The van der Waals surface area contributed by atoms with Crippen LogP contribution < -0.4 is 22.5 Å². The van der Waals surface area contributed by atoms with Crippen LogP contribution >= 0.6 is 0 Å². The number of amides is 1. The zero-order valence-electron chi connectivity index (χ0n) is 11.4. The highest BCUT2D eigenvalue weighted by Crippen LogP contribution is 1.96. The van der Waals surface area contributed by atoms with Gasteiger partial charge in [0.25, 0.3) is 0 Å². The maximum atomic E-state index is 11.6. The molecule has 0 heterocycles. The Hall–Kier alpha value is -1.46. The van der Waals surface area contributed by atoms with Crippen LogP contribution in [0.15, 0.2) is 4.99 Å². The molecule has 1 atom stereocenters. The van der Waals surface area contributed by atoms with Crippen LogP contribution in [-0.2, 0) is 9.63 Å². The smallest absolute Gasteiger partial charge is 0.236 e. The summed E-state index contributed by atoms with van der Waals surface area (Å²) in [6, 6.07) is -0.592. The number of aliphatic imine (C=N–C) groups is 1. The van der Waals surface area contributed by atoms with Crippen molar-refractivity contribution in [1.29, 1.82) is 0 Å². The normalized spacial score (nSPS) is 12.2. The lowest BCUT2D eigenvalue weighted by molar-refractivity contribution is -0.492. The van der Waals surface area contributed by atoms with Crippen LogP contribution in [-0.4, -0.2) is 53.4 Å². The third-order valence-electron chi connectivity index (χ3n) is 2.38. The second-order valence-corrected chi connectivity index (χ2v) is 4.14. The minimum atomic E-state index is -0.592. The predicted molar refractivity (Wildman–Crippen MR) is 71.5 cm³/mol. The molecule has 20 heavy (non-hydrogen) atoms. The molecule has 0 radical (unpaired) electrons. The Morgan fingerprint density at radius 3 is 2.60 bits per heavy atom. The topological polar surface area (TPSA) is 172 Å². The number of nitrogens with zero attached hydrogens (tertiary/aromatic N) is 2. The number of carbonyl (C=O) groups excluding carboxylic acids is 1. The number of carbonyl (C=O) groups is 1. The van der Waals surface area contributed by atoms with E-state index in [4.69, 9.17) is 27.6 Å². The van der Waals surface area contributed by atoms with Gasteiger partial charge in [-0.05, 0) is 25.7 Å². The fraction of sp³-hybridized carbons (Fsp3) is 0.800. The first kappa shape index (κ1) is 18.5. The van der Waals surface area contributed by atoms with Gasteiger partial charge in [-0.25, -0.2) is 0 Å².